The van der Waals surface area contributed by atoms with Gasteiger partial charge in [0, 0.05) is 38.0 Å². The summed E-state index contributed by atoms with van der Waals surface area (Å²) < 4.78 is 3.10. The minimum Gasteiger partial charge on any atom is -0.336 e. The van der Waals surface area contributed by atoms with Gasteiger partial charge in [0.15, 0.2) is 0 Å². The molecule has 0 aliphatic carbocycles. The van der Waals surface area contributed by atoms with E-state index in [-0.39, 0.29) is 17.2 Å². The summed E-state index contributed by atoms with van der Waals surface area (Å²) in [5.74, 6) is -0.234. The zero-order chi connectivity index (χ0) is 18.5. The fourth-order valence-corrected chi connectivity index (χ4v) is 2.64. The second kappa shape index (κ2) is 7.77. The quantitative estimate of drug-likeness (QED) is 0.682. The van der Waals surface area contributed by atoms with Crippen LogP contribution in [0.1, 0.15) is 29.4 Å². The summed E-state index contributed by atoms with van der Waals surface area (Å²) >= 11 is 0. The lowest BCUT2D eigenvalue weighted by molar-refractivity contribution is 0.0776. The summed E-state index contributed by atoms with van der Waals surface area (Å²) in [6.45, 7) is 2.85. The first kappa shape index (κ1) is 17.6. The van der Waals surface area contributed by atoms with Gasteiger partial charge in [0.05, 0.1) is 11.9 Å². The normalized spacial score (nSPS) is 10.7. The molecule has 2 heterocycles. The number of amides is 1. The Morgan fingerprint density at radius 3 is 2.65 bits per heavy atom. The molecule has 0 spiro atoms. The molecule has 0 bridgehead atoms. The molecule has 0 atom stereocenters. The molecule has 0 radical (unpaired) electrons. The van der Waals surface area contributed by atoms with Gasteiger partial charge in [0.2, 0.25) is 0 Å². The maximum atomic E-state index is 12.6. The molecule has 1 aromatic carbocycles. The van der Waals surface area contributed by atoms with Crippen molar-refractivity contribution in [2.45, 2.75) is 26.4 Å². The number of nitrogens with zero attached hydrogens (tertiary/aromatic N) is 5. The van der Waals surface area contributed by atoms with Crippen LogP contribution < -0.4 is 5.56 Å². The molecular formula is C19H21N5O2. The molecular weight excluding hydrogens is 330 g/mol. The molecule has 0 aliphatic heterocycles. The van der Waals surface area contributed by atoms with Gasteiger partial charge in [-0.15, -0.1) is 0 Å². The number of carbonyl (C=O) groups is 1. The van der Waals surface area contributed by atoms with Crippen LogP contribution in [-0.4, -0.2) is 37.4 Å². The van der Waals surface area contributed by atoms with E-state index in [0.29, 0.717) is 13.1 Å². The van der Waals surface area contributed by atoms with Crippen LogP contribution in [0.15, 0.2) is 59.7 Å². The maximum absolute atomic E-state index is 12.6. The van der Waals surface area contributed by atoms with E-state index in [1.807, 2.05) is 43.5 Å². The van der Waals surface area contributed by atoms with Gasteiger partial charge in [0.1, 0.15) is 5.69 Å². The fourth-order valence-electron chi connectivity index (χ4n) is 2.64. The number of aromatic nitrogens is 4. The van der Waals surface area contributed by atoms with Gasteiger partial charge >= 0.3 is 0 Å². The Balaban J connectivity index is 1.73. The number of hydrogen-bond donors (Lipinski definition) is 0. The zero-order valence-electron chi connectivity index (χ0n) is 14.9. The summed E-state index contributed by atoms with van der Waals surface area (Å²) in [7, 11) is 1.71. The molecule has 134 valence electrons. The van der Waals surface area contributed by atoms with Crippen LogP contribution in [0, 0.1) is 0 Å². The van der Waals surface area contributed by atoms with Crippen molar-refractivity contribution in [1.82, 2.24) is 24.5 Å². The Kier molecular flexibility index (Phi) is 5.26. The lowest BCUT2D eigenvalue weighted by Crippen LogP contribution is -2.30. The van der Waals surface area contributed by atoms with E-state index in [2.05, 4.69) is 10.2 Å². The minimum absolute atomic E-state index is 0.199. The molecule has 1 amide bonds. The van der Waals surface area contributed by atoms with Gasteiger partial charge in [0.25, 0.3) is 11.5 Å². The third kappa shape index (κ3) is 3.88. The highest BCUT2D eigenvalue weighted by molar-refractivity contribution is 5.91. The molecule has 0 saturated heterocycles. The Morgan fingerprint density at radius 1 is 1.15 bits per heavy atom. The molecule has 0 N–H and O–H groups in total. The van der Waals surface area contributed by atoms with Crippen molar-refractivity contribution in [2.75, 3.05) is 7.05 Å². The summed E-state index contributed by atoms with van der Waals surface area (Å²) in [5.41, 5.74) is 1.93. The molecule has 0 fully saturated rings. The second-order valence-corrected chi connectivity index (χ2v) is 6.07. The van der Waals surface area contributed by atoms with Crippen molar-refractivity contribution < 1.29 is 4.79 Å². The number of carbonyl (C=O) groups excluding carboxylic acids is 1. The molecule has 7 heteroatoms. The van der Waals surface area contributed by atoms with E-state index < -0.39 is 0 Å². The summed E-state index contributed by atoms with van der Waals surface area (Å²) in [4.78, 5) is 25.9. The van der Waals surface area contributed by atoms with Gasteiger partial charge in [-0.2, -0.15) is 10.2 Å². The topological polar surface area (TPSA) is 73.0 Å². The lowest BCUT2D eigenvalue weighted by atomic mass is 10.3. The van der Waals surface area contributed by atoms with Crippen molar-refractivity contribution in [3.8, 4) is 5.69 Å². The molecule has 26 heavy (non-hydrogen) atoms. The highest BCUT2D eigenvalue weighted by Crippen LogP contribution is 2.10. The zero-order valence-corrected chi connectivity index (χ0v) is 14.9. The lowest BCUT2D eigenvalue weighted by Gasteiger charge is -2.16. The molecule has 0 aliphatic rings. The molecule has 7 nitrogen and oxygen atoms in total. The van der Waals surface area contributed by atoms with Crippen LogP contribution in [-0.2, 0) is 13.1 Å². The predicted molar refractivity (Wildman–Crippen MR) is 98.1 cm³/mol. The van der Waals surface area contributed by atoms with Crippen molar-refractivity contribution in [1.29, 1.82) is 0 Å². The Morgan fingerprint density at radius 2 is 1.92 bits per heavy atom. The molecule has 0 unspecified atom stereocenters. The number of hydrogen-bond acceptors (Lipinski definition) is 4. The second-order valence-electron chi connectivity index (χ2n) is 6.07. The number of rotatable bonds is 6. The standard InChI is InChI=1S/C19H21N5O2/c1-3-11-23-18(25)10-9-17(21-23)19(26)22(2)13-15-12-20-24(14-15)16-7-5-4-6-8-16/h4-10,12,14H,3,11,13H2,1-2H3. The highest BCUT2D eigenvalue weighted by Gasteiger charge is 2.16. The van der Waals surface area contributed by atoms with E-state index in [1.165, 1.54) is 16.8 Å². The Bertz CT molecular complexity index is 946. The first-order valence-electron chi connectivity index (χ1n) is 8.51. The van der Waals surface area contributed by atoms with Gasteiger partial charge in [-0.3, -0.25) is 9.59 Å². The van der Waals surface area contributed by atoms with Crippen LogP contribution >= 0.6 is 0 Å². The SMILES string of the molecule is CCCn1nc(C(=O)N(C)Cc2cnn(-c3ccccc3)c2)ccc1=O. The van der Waals surface area contributed by atoms with E-state index in [1.54, 1.807) is 22.8 Å². The van der Waals surface area contributed by atoms with Crippen molar-refractivity contribution in [2.24, 2.45) is 0 Å². The number of para-hydroxylation sites is 1. The molecule has 2 aromatic heterocycles. The predicted octanol–water partition coefficient (Wildman–Crippen LogP) is 2.11. The summed E-state index contributed by atoms with van der Waals surface area (Å²) in [6, 6.07) is 12.6. The first-order valence-corrected chi connectivity index (χ1v) is 8.51. The van der Waals surface area contributed by atoms with Gasteiger partial charge in [-0.05, 0) is 24.6 Å². The Hall–Kier alpha value is -3.22. The third-order valence-corrected chi connectivity index (χ3v) is 3.94. The molecule has 3 aromatic rings. The van der Waals surface area contributed by atoms with Gasteiger partial charge in [-0.25, -0.2) is 9.36 Å². The summed E-state index contributed by atoms with van der Waals surface area (Å²) in [6.07, 6.45) is 4.41. The first-order chi connectivity index (χ1) is 12.6. The van der Waals surface area contributed by atoms with Crippen LogP contribution in [0.5, 0.6) is 0 Å². The maximum Gasteiger partial charge on any atom is 0.274 e. The number of benzene rings is 1. The van der Waals surface area contributed by atoms with Crippen molar-refractivity contribution in [3.63, 3.8) is 0 Å². The molecule has 0 saturated carbocycles. The largest absolute Gasteiger partial charge is 0.336 e. The number of aryl methyl sites for hydroxylation is 1. The monoisotopic (exact) mass is 351 g/mol. The van der Waals surface area contributed by atoms with E-state index in [0.717, 1.165) is 17.7 Å². The van der Waals surface area contributed by atoms with E-state index >= 15 is 0 Å². The third-order valence-electron chi connectivity index (χ3n) is 3.94. The van der Waals surface area contributed by atoms with Crippen LogP contribution in [0.4, 0.5) is 0 Å². The Labute approximate surface area is 151 Å². The minimum atomic E-state index is -0.234. The van der Waals surface area contributed by atoms with Crippen LogP contribution in [0.2, 0.25) is 0 Å². The van der Waals surface area contributed by atoms with Crippen molar-refractivity contribution >= 4 is 5.91 Å². The van der Waals surface area contributed by atoms with Crippen molar-refractivity contribution in [3.05, 3.63) is 76.5 Å². The van der Waals surface area contributed by atoms with E-state index in [4.69, 9.17) is 0 Å². The van der Waals surface area contributed by atoms with Gasteiger partial charge < -0.3 is 4.90 Å². The highest BCUT2D eigenvalue weighted by atomic mass is 16.2. The smallest absolute Gasteiger partial charge is 0.274 e. The van der Waals surface area contributed by atoms with Crippen LogP contribution in [0.3, 0.4) is 0 Å². The van der Waals surface area contributed by atoms with E-state index in [9.17, 15) is 9.59 Å². The van der Waals surface area contributed by atoms with Gasteiger partial charge in [-0.1, -0.05) is 25.1 Å². The summed E-state index contributed by atoms with van der Waals surface area (Å²) in [5, 5.41) is 8.51. The fraction of sp³-hybridized carbons (Fsp3) is 0.263. The van der Waals surface area contributed by atoms with Crippen LogP contribution in [0.25, 0.3) is 5.69 Å². The average molecular weight is 351 g/mol. The average Bonchev–Trinajstić information content (AvgIpc) is 3.12. The molecule has 3 rings (SSSR count).